The summed E-state index contributed by atoms with van der Waals surface area (Å²) in [4.78, 5) is 17.3. The summed E-state index contributed by atoms with van der Waals surface area (Å²) in [5.41, 5.74) is 4.32. The molecule has 1 N–H and O–H groups in total. The number of amides is 1. The number of rotatable bonds is 8. The van der Waals surface area contributed by atoms with Gasteiger partial charge in [-0.2, -0.15) is 0 Å². The largest absolute Gasteiger partial charge is 0.488 e. The average molecular weight is 418 g/mol. The highest BCUT2D eigenvalue weighted by molar-refractivity contribution is 5.96. The lowest BCUT2D eigenvalue weighted by Gasteiger charge is -2.12. The van der Waals surface area contributed by atoms with E-state index in [1.165, 1.54) is 0 Å². The number of carbonyl (C=O) groups is 1. The lowest BCUT2D eigenvalue weighted by molar-refractivity contribution is 0.0948. The maximum absolute atomic E-state index is 12.8. The van der Waals surface area contributed by atoms with E-state index in [0.29, 0.717) is 24.5 Å². The number of carbonyl (C=O) groups excluding carboxylic acids is 1. The summed E-state index contributed by atoms with van der Waals surface area (Å²) in [5.74, 6) is 2.09. The van der Waals surface area contributed by atoms with Gasteiger partial charge in [0.05, 0.1) is 27.9 Å². The van der Waals surface area contributed by atoms with Crippen molar-refractivity contribution in [3.63, 3.8) is 0 Å². The smallest absolute Gasteiger partial charge is 0.255 e. The van der Waals surface area contributed by atoms with E-state index in [1.54, 1.807) is 12.1 Å². The van der Waals surface area contributed by atoms with Crippen LogP contribution >= 0.6 is 0 Å². The molecule has 0 bridgehead atoms. The molecule has 0 saturated heterocycles. The molecule has 160 valence electrons. The average Bonchev–Trinajstić information content (AvgIpc) is 3.27. The lowest BCUT2D eigenvalue weighted by Crippen LogP contribution is -2.26. The molecule has 2 heterocycles. The molecule has 0 aliphatic carbocycles. The molecule has 0 spiro atoms. The van der Waals surface area contributed by atoms with Gasteiger partial charge in [0.1, 0.15) is 23.9 Å². The van der Waals surface area contributed by atoms with Gasteiger partial charge in [-0.1, -0.05) is 29.4 Å². The first kappa shape index (κ1) is 20.7. The normalized spacial score (nSPS) is 11.1. The molecule has 4 rings (SSSR count). The Bertz CT molecular complexity index is 1190. The molecule has 0 aliphatic heterocycles. The molecule has 7 nitrogen and oxygen atoms in total. The fourth-order valence-electron chi connectivity index (χ4n) is 3.65. The van der Waals surface area contributed by atoms with E-state index < -0.39 is 0 Å². The quantitative estimate of drug-likeness (QED) is 0.430. The van der Waals surface area contributed by atoms with E-state index in [-0.39, 0.29) is 5.91 Å². The fraction of sp³-hybridized carbons (Fsp3) is 0.292. The van der Waals surface area contributed by atoms with E-state index in [4.69, 9.17) is 9.26 Å². The maximum atomic E-state index is 12.8. The van der Waals surface area contributed by atoms with Crippen LogP contribution < -0.4 is 10.1 Å². The maximum Gasteiger partial charge on any atom is 0.255 e. The Balaban J connectivity index is 1.35. The Kier molecular flexibility index (Phi) is 6.02. The first-order chi connectivity index (χ1) is 15.0. The number of aromatic nitrogens is 3. The third-order valence-electron chi connectivity index (χ3n) is 5.37. The van der Waals surface area contributed by atoms with Crippen LogP contribution in [-0.4, -0.2) is 27.2 Å². The highest BCUT2D eigenvalue weighted by Gasteiger charge is 2.15. The number of aryl methyl sites for hydroxylation is 4. The van der Waals surface area contributed by atoms with Crippen LogP contribution in [0.1, 0.15) is 39.6 Å². The molecule has 0 radical (unpaired) electrons. The summed E-state index contributed by atoms with van der Waals surface area (Å²) in [6.07, 6.45) is 0.801. The van der Waals surface area contributed by atoms with Gasteiger partial charge in [0.2, 0.25) is 0 Å². The summed E-state index contributed by atoms with van der Waals surface area (Å²) in [6.45, 7) is 7.38. The van der Waals surface area contributed by atoms with Crippen molar-refractivity contribution in [3.8, 4) is 5.75 Å². The van der Waals surface area contributed by atoms with E-state index >= 15 is 0 Å². The number of benzene rings is 2. The molecule has 2 aromatic carbocycles. The summed E-state index contributed by atoms with van der Waals surface area (Å²) in [5, 5.41) is 6.94. The minimum absolute atomic E-state index is 0.151. The topological polar surface area (TPSA) is 82.2 Å². The molecule has 0 fully saturated rings. The van der Waals surface area contributed by atoms with Crippen LogP contribution in [0.4, 0.5) is 0 Å². The SMILES string of the molecule is Cc1noc(C)c1COc1ccccc1C(=O)NCCCn1c(C)nc2ccccc21. The zero-order valence-corrected chi connectivity index (χ0v) is 18.0. The summed E-state index contributed by atoms with van der Waals surface area (Å²) in [6, 6.07) is 15.3. The molecule has 7 heteroatoms. The molecule has 0 aliphatic rings. The predicted molar refractivity (Wildman–Crippen MR) is 118 cm³/mol. The third-order valence-corrected chi connectivity index (χ3v) is 5.37. The van der Waals surface area contributed by atoms with Crippen molar-refractivity contribution in [2.45, 2.75) is 40.3 Å². The summed E-state index contributed by atoms with van der Waals surface area (Å²) >= 11 is 0. The number of nitrogens with one attached hydrogen (secondary N) is 1. The second-order valence-corrected chi connectivity index (χ2v) is 7.50. The second kappa shape index (κ2) is 9.04. The Morgan fingerprint density at radius 2 is 1.87 bits per heavy atom. The van der Waals surface area contributed by atoms with Gasteiger partial charge in [-0.05, 0) is 51.5 Å². The van der Waals surface area contributed by atoms with Crippen LogP contribution in [0, 0.1) is 20.8 Å². The molecule has 0 atom stereocenters. The lowest BCUT2D eigenvalue weighted by atomic mass is 10.1. The van der Waals surface area contributed by atoms with E-state index in [1.807, 2.05) is 51.1 Å². The Hall–Kier alpha value is -3.61. The minimum atomic E-state index is -0.151. The molecule has 1 amide bonds. The minimum Gasteiger partial charge on any atom is -0.488 e. The summed E-state index contributed by atoms with van der Waals surface area (Å²) < 4.78 is 13.3. The van der Waals surface area contributed by atoms with Crippen molar-refractivity contribution >= 4 is 16.9 Å². The van der Waals surface area contributed by atoms with Crippen LogP contribution in [0.15, 0.2) is 53.1 Å². The second-order valence-electron chi connectivity index (χ2n) is 7.50. The van der Waals surface area contributed by atoms with Crippen LogP contribution in [-0.2, 0) is 13.2 Å². The van der Waals surface area contributed by atoms with Gasteiger partial charge in [-0.15, -0.1) is 0 Å². The zero-order valence-electron chi connectivity index (χ0n) is 18.0. The van der Waals surface area contributed by atoms with Crippen LogP contribution in [0.5, 0.6) is 5.75 Å². The van der Waals surface area contributed by atoms with Gasteiger partial charge >= 0.3 is 0 Å². The highest BCUT2D eigenvalue weighted by atomic mass is 16.5. The molecule has 31 heavy (non-hydrogen) atoms. The number of hydrogen-bond acceptors (Lipinski definition) is 5. The number of imidazole rings is 1. The fourth-order valence-corrected chi connectivity index (χ4v) is 3.65. The molecule has 2 aromatic heterocycles. The third kappa shape index (κ3) is 4.45. The van der Waals surface area contributed by atoms with Gasteiger partial charge in [0, 0.05) is 13.1 Å². The van der Waals surface area contributed by atoms with Crippen molar-refractivity contribution in [1.29, 1.82) is 0 Å². The highest BCUT2D eigenvalue weighted by Crippen LogP contribution is 2.21. The summed E-state index contributed by atoms with van der Waals surface area (Å²) in [7, 11) is 0. The van der Waals surface area contributed by atoms with Gasteiger partial charge in [0.25, 0.3) is 5.91 Å². The first-order valence-electron chi connectivity index (χ1n) is 10.4. The van der Waals surface area contributed by atoms with Crippen LogP contribution in [0.3, 0.4) is 0 Å². The molecule has 0 unspecified atom stereocenters. The van der Waals surface area contributed by atoms with Crippen molar-refractivity contribution in [2.24, 2.45) is 0 Å². The predicted octanol–water partition coefficient (Wildman–Crippen LogP) is 4.35. The van der Waals surface area contributed by atoms with E-state index in [9.17, 15) is 4.79 Å². The number of fused-ring (bicyclic) bond motifs is 1. The van der Waals surface area contributed by atoms with Crippen LogP contribution in [0.2, 0.25) is 0 Å². The molecular formula is C24H26N4O3. The van der Waals surface area contributed by atoms with Gasteiger partial charge in [-0.3, -0.25) is 4.79 Å². The molecular weight excluding hydrogens is 392 g/mol. The van der Waals surface area contributed by atoms with Crippen molar-refractivity contribution in [1.82, 2.24) is 20.0 Å². The Morgan fingerprint density at radius 3 is 2.68 bits per heavy atom. The van der Waals surface area contributed by atoms with Crippen molar-refractivity contribution in [3.05, 3.63) is 76.9 Å². The zero-order chi connectivity index (χ0) is 21.8. The van der Waals surface area contributed by atoms with Gasteiger partial charge < -0.3 is 19.1 Å². The molecule has 4 aromatic rings. The Labute approximate surface area is 181 Å². The standard InChI is InChI=1S/C24H26N4O3/c1-16-20(17(2)31-27-16)15-30-23-12-7-4-9-19(23)24(29)25-13-8-14-28-18(3)26-21-10-5-6-11-22(21)28/h4-7,9-12H,8,13-15H2,1-3H3,(H,25,29). The first-order valence-corrected chi connectivity index (χ1v) is 10.4. The number of para-hydroxylation sites is 3. The van der Waals surface area contributed by atoms with Crippen molar-refractivity contribution in [2.75, 3.05) is 6.54 Å². The van der Waals surface area contributed by atoms with Crippen LogP contribution in [0.25, 0.3) is 11.0 Å². The van der Waals surface area contributed by atoms with Gasteiger partial charge in [0.15, 0.2) is 0 Å². The van der Waals surface area contributed by atoms with Gasteiger partial charge in [-0.25, -0.2) is 4.98 Å². The number of hydrogen-bond donors (Lipinski definition) is 1. The number of nitrogens with zero attached hydrogens (tertiary/aromatic N) is 3. The molecule has 0 saturated carbocycles. The number of ether oxygens (including phenoxy) is 1. The van der Waals surface area contributed by atoms with Crippen molar-refractivity contribution < 1.29 is 14.1 Å². The van der Waals surface area contributed by atoms with E-state index in [2.05, 4.69) is 26.1 Å². The van der Waals surface area contributed by atoms with E-state index in [0.717, 1.165) is 46.8 Å². The monoisotopic (exact) mass is 418 g/mol. The Morgan fingerprint density at radius 1 is 1.10 bits per heavy atom.